The Labute approximate surface area is 83.0 Å². The maximum Gasteiger partial charge on any atom is 0.183 e. The second kappa shape index (κ2) is 7.11. The molecule has 13 heavy (non-hydrogen) atoms. The van der Waals surface area contributed by atoms with Crippen molar-refractivity contribution in [2.24, 2.45) is 0 Å². The Kier molecular flexibility index (Phi) is 6.92. The molecule has 0 aromatic rings. The van der Waals surface area contributed by atoms with Gasteiger partial charge in [0.2, 0.25) is 0 Å². The van der Waals surface area contributed by atoms with Crippen LogP contribution in [0.15, 0.2) is 0 Å². The summed E-state index contributed by atoms with van der Waals surface area (Å²) in [5.74, 6) is 0. The zero-order valence-electron chi connectivity index (χ0n) is 9.10. The van der Waals surface area contributed by atoms with E-state index in [9.17, 15) is 0 Å². The van der Waals surface area contributed by atoms with E-state index in [4.69, 9.17) is 9.69 Å². The van der Waals surface area contributed by atoms with E-state index in [-0.39, 0.29) is 0 Å². The maximum absolute atomic E-state index is 8.31. The second-order valence-electron chi connectivity index (χ2n) is 4.28. The van der Waals surface area contributed by atoms with Gasteiger partial charge in [-0.1, -0.05) is 12.8 Å². The molecular formula is C10H21NOSi. The summed E-state index contributed by atoms with van der Waals surface area (Å²) in [6.07, 6.45) is 5.27. The van der Waals surface area contributed by atoms with Gasteiger partial charge in [-0.05, 0) is 32.5 Å². The largest absolute Gasteiger partial charge is 0.418 e. The molecule has 2 nitrogen and oxygen atoms in total. The van der Waals surface area contributed by atoms with Gasteiger partial charge in [0.1, 0.15) is 0 Å². The van der Waals surface area contributed by atoms with Gasteiger partial charge in [-0.2, -0.15) is 5.26 Å². The number of rotatable bonds is 7. The highest BCUT2D eigenvalue weighted by Gasteiger charge is 2.12. The molecule has 0 N–H and O–H groups in total. The number of nitrogens with zero attached hydrogens (tertiary/aromatic N) is 1. The molecule has 0 heterocycles. The van der Waals surface area contributed by atoms with Crippen molar-refractivity contribution in [3.63, 3.8) is 0 Å². The Bertz CT molecular complexity index is 157. The van der Waals surface area contributed by atoms with Crippen LogP contribution < -0.4 is 0 Å². The molecule has 76 valence electrons. The summed E-state index contributed by atoms with van der Waals surface area (Å²) in [6, 6.07) is 2.16. The lowest BCUT2D eigenvalue weighted by atomic mass is 10.2. The summed E-state index contributed by atoms with van der Waals surface area (Å²) in [5, 5.41) is 8.31. The van der Waals surface area contributed by atoms with Crippen LogP contribution in [0.2, 0.25) is 19.6 Å². The van der Waals surface area contributed by atoms with Crippen LogP contribution in [0, 0.1) is 11.3 Å². The average Bonchev–Trinajstić information content (AvgIpc) is 2.01. The van der Waals surface area contributed by atoms with Gasteiger partial charge >= 0.3 is 0 Å². The molecule has 0 unspecified atom stereocenters. The minimum atomic E-state index is -1.28. The molecule has 0 radical (unpaired) electrons. The zero-order valence-corrected chi connectivity index (χ0v) is 10.1. The molecule has 0 aliphatic carbocycles. The molecule has 0 aromatic carbocycles. The third-order valence-corrected chi connectivity index (χ3v) is 2.79. The third-order valence-electron chi connectivity index (χ3n) is 1.72. The first-order valence-corrected chi connectivity index (χ1v) is 8.48. The molecule has 0 bridgehead atoms. The van der Waals surface area contributed by atoms with Crippen LogP contribution in [0.25, 0.3) is 0 Å². The average molecular weight is 199 g/mol. The first kappa shape index (κ1) is 12.7. The first-order valence-electron chi connectivity index (χ1n) is 5.07. The van der Waals surface area contributed by atoms with Gasteiger partial charge in [0.15, 0.2) is 8.32 Å². The molecule has 0 saturated carbocycles. The standard InChI is InChI=1S/C10H21NOSi/c1-13(2,3)12-10-8-6-4-5-7-9-11/h4-8,10H2,1-3H3. The fourth-order valence-electron chi connectivity index (χ4n) is 1.04. The monoisotopic (exact) mass is 199 g/mol. The molecule has 0 aromatic heterocycles. The van der Waals surface area contributed by atoms with Crippen molar-refractivity contribution >= 4 is 8.32 Å². The van der Waals surface area contributed by atoms with E-state index in [2.05, 4.69) is 25.7 Å². The summed E-state index contributed by atoms with van der Waals surface area (Å²) in [7, 11) is -1.28. The van der Waals surface area contributed by atoms with Gasteiger partial charge in [0.05, 0.1) is 6.07 Å². The van der Waals surface area contributed by atoms with Gasteiger partial charge in [-0.15, -0.1) is 0 Å². The van der Waals surface area contributed by atoms with Gasteiger partial charge in [0, 0.05) is 13.0 Å². The van der Waals surface area contributed by atoms with Crippen LogP contribution in [-0.2, 0) is 4.43 Å². The molecule has 0 atom stereocenters. The lowest BCUT2D eigenvalue weighted by Crippen LogP contribution is -2.25. The van der Waals surface area contributed by atoms with E-state index in [0.29, 0.717) is 6.42 Å². The Morgan fingerprint density at radius 3 is 2.23 bits per heavy atom. The summed E-state index contributed by atoms with van der Waals surface area (Å²) in [4.78, 5) is 0. The molecule has 0 amide bonds. The molecular weight excluding hydrogens is 178 g/mol. The highest BCUT2D eigenvalue weighted by atomic mass is 28.4. The van der Waals surface area contributed by atoms with Crippen molar-refractivity contribution in [3.05, 3.63) is 0 Å². The first-order chi connectivity index (χ1) is 6.06. The normalized spacial score (nSPS) is 11.2. The summed E-state index contributed by atoms with van der Waals surface area (Å²) < 4.78 is 5.71. The number of hydrogen-bond acceptors (Lipinski definition) is 2. The molecule has 0 spiro atoms. The van der Waals surface area contributed by atoms with Gasteiger partial charge in [-0.25, -0.2) is 0 Å². The third kappa shape index (κ3) is 11.7. The van der Waals surface area contributed by atoms with Gasteiger partial charge < -0.3 is 4.43 Å². The Morgan fingerprint density at radius 2 is 1.69 bits per heavy atom. The molecule has 0 rings (SSSR count). The van der Waals surface area contributed by atoms with E-state index in [1.165, 1.54) is 12.8 Å². The minimum absolute atomic E-state index is 0.703. The van der Waals surface area contributed by atoms with Gasteiger partial charge in [-0.3, -0.25) is 0 Å². The molecule has 0 fully saturated rings. The molecule has 3 heteroatoms. The highest BCUT2D eigenvalue weighted by Crippen LogP contribution is 2.06. The van der Waals surface area contributed by atoms with Crippen molar-refractivity contribution in [2.45, 2.75) is 51.7 Å². The second-order valence-corrected chi connectivity index (χ2v) is 8.80. The lowest BCUT2D eigenvalue weighted by Gasteiger charge is -2.16. The molecule has 0 aliphatic rings. The zero-order chi connectivity index (χ0) is 10.2. The van der Waals surface area contributed by atoms with E-state index in [1.54, 1.807) is 0 Å². The Morgan fingerprint density at radius 1 is 1.08 bits per heavy atom. The highest BCUT2D eigenvalue weighted by molar-refractivity contribution is 6.69. The lowest BCUT2D eigenvalue weighted by molar-refractivity contribution is 0.299. The van der Waals surface area contributed by atoms with E-state index in [0.717, 1.165) is 19.4 Å². The van der Waals surface area contributed by atoms with E-state index in [1.807, 2.05) is 0 Å². The maximum atomic E-state index is 8.31. The summed E-state index contributed by atoms with van der Waals surface area (Å²) in [5.41, 5.74) is 0. The van der Waals surface area contributed by atoms with Crippen LogP contribution in [0.5, 0.6) is 0 Å². The smallest absolute Gasteiger partial charge is 0.183 e. The Hall–Kier alpha value is -0.333. The van der Waals surface area contributed by atoms with Gasteiger partial charge in [0.25, 0.3) is 0 Å². The van der Waals surface area contributed by atoms with E-state index >= 15 is 0 Å². The van der Waals surface area contributed by atoms with Crippen molar-refractivity contribution < 1.29 is 4.43 Å². The SMILES string of the molecule is C[Si](C)(C)OCCCCCCC#N. The predicted molar refractivity (Wildman–Crippen MR) is 58.0 cm³/mol. The van der Waals surface area contributed by atoms with Crippen LogP contribution in [-0.4, -0.2) is 14.9 Å². The topological polar surface area (TPSA) is 33.0 Å². The predicted octanol–water partition coefficient (Wildman–Crippen LogP) is 3.31. The van der Waals surface area contributed by atoms with Crippen LogP contribution >= 0.6 is 0 Å². The number of unbranched alkanes of at least 4 members (excludes halogenated alkanes) is 4. The van der Waals surface area contributed by atoms with Crippen LogP contribution in [0.4, 0.5) is 0 Å². The van der Waals surface area contributed by atoms with Crippen molar-refractivity contribution in [2.75, 3.05) is 6.61 Å². The summed E-state index contributed by atoms with van der Waals surface area (Å²) >= 11 is 0. The number of hydrogen-bond donors (Lipinski definition) is 0. The quantitative estimate of drug-likeness (QED) is 0.465. The number of nitriles is 1. The fraction of sp³-hybridized carbons (Fsp3) is 0.900. The van der Waals surface area contributed by atoms with E-state index < -0.39 is 8.32 Å². The van der Waals surface area contributed by atoms with Crippen LogP contribution in [0.1, 0.15) is 32.1 Å². The Balaban J connectivity index is 3.05. The summed E-state index contributed by atoms with van der Waals surface area (Å²) in [6.45, 7) is 7.54. The van der Waals surface area contributed by atoms with Crippen LogP contribution in [0.3, 0.4) is 0 Å². The van der Waals surface area contributed by atoms with Crippen molar-refractivity contribution in [1.82, 2.24) is 0 Å². The molecule has 0 aliphatic heterocycles. The fourth-order valence-corrected chi connectivity index (χ4v) is 1.79. The van der Waals surface area contributed by atoms with Crippen molar-refractivity contribution in [1.29, 1.82) is 5.26 Å². The molecule has 0 saturated heterocycles. The van der Waals surface area contributed by atoms with Crippen molar-refractivity contribution in [3.8, 4) is 6.07 Å². The minimum Gasteiger partial charge on any atom is -0.418 e.